The Morgan fingerprint density at radius 2 is 2.03 bits per heavy atom. The van der Waals surface area contributed by atoms with E-state index < -0.39 is 11.8 Å². The molecule has 1 aromatic carbocycles. The Bertz CT molecular complexity index is 1580. The van der Waals surface area contributed by atoms with Crippen LogP contribution in [-0.2, 0) is 13.5 Å². The maximum Gasteiger partial charge on any atom is 0.274 e. The average molecular weight is 523 g/mol. The SMILES string of the molecule is CCNC(=O)c1cc2c(-c3sc(CC(C)(C)O)cc3N3CC(F)c4cc(C)ccc43)cn(C)c(=O)c2[nH]1. The fraction of sp³-hybridized carbons (Fsp3) is 0.357. The summed E-state index contributed by atoms with van der Waals surface area (Å²) in [7, 11) is 1.68. The lowest BCUT2D eigenvalue weighted by atomic mass is 10.0. The van der Waals surface area contributed by atoms with Crippen LogP contribution in [0.5, 0.6) is 0 Å². The number of rotatable bonds is 6. The molecule has 4 heterocycles. The van der Waals surface area contributed by atoms with Crippen LogP contribution in [0.4, 0.5) is 15.8 Å². The lowest BCUT2D eigenvalue weighted by Gasteiger charge is -2.20. The van der Waals surface area contributed by atoms with E-state index >= 15 is 4.39 Å². The van der Waals surface area contributed by atoms with Crippen LogP contribution in [0.15, 0.2) is 41.3 Å². The first-order valence-electron chi connectivity index (χ1n) is 12.3. The molecule has 9 heteroatoms. The number of aromatic nitrogens is 2. The van der Waals surface area contributed by atoms with Gasteiger partial charge in [-0.25, -0.2) is 4.39 Å². The van der Waals surface area contributed by atoms with Crippen molar-refractivity contribution in [2.75, 3.05) is 18.0 Å². The van der Waals surface area contributed by atoms with Gasteiger partial charge in [0.05, 0.1) is 22.7 Å². The van der Waals surface area contributed by atoms with Gasteiger partial charge in [-0.05, 0) is 45.9 Å². The molecule has 0 bridgehead atoms. The van der Waals surface area contributed by atoms with Gasteiger partial charge < -0.3 is 24.9 Å². The summed E-state index contributed by atoms with van der Waals surface area (Å²) < 4.78 is 16.7. The van der Waals surface area contributed by atoms with Crippen LogP contribution >= 0.6 is 11.3 Å². The van der Waals surface area contributed by atoms with E-state index in [9.17, 15) is 14.7 Å². The fourth-order valence-electron chi connectivity index (χ4n) is 4.99. The van der Waals surface area contributed by atoms with Crippen LogP contribution in [0.1, 0.15) is 53.4 Å². The Labute approximate surface area is 218 Å². The van der Waals surface area contributed by atoms with Gasteiger partial charge in [0, 0.05) is 53.3 Å². The molecule has 0 aliphatic carbocycles. The zero-order chi connectivity index (χ0) is 26.6. The number of benzene rings is 1. The Kier molecular flexibility index (Phi) is 6.24. The molecule has 3 aromatic heterocycles. The number of hydrogen-bond acceptors (Lipinski definition) is 5. The molecule has 0 saturated carbocycles. The number of carbonyl (C=O) groups excluding carboxylic acids is 1. The molecule has 0 spiro atoms. The fourth-order valence-corrected chi connectivity index (χ4v) is 6.39. The minimum absolute atomic E-state index is 0.177. The van der Waals surface area contributed by atoms with Crippen molar-refractivity contribution >= 4 is 39.5 Å². The van der Waals surface area contributed by atoms with Gasteiger partial charge in [0.2, 0.25) is 0 Å². The molecule has 7 nitrogen and oxygen atoms in total. The Morgan fingerprint density at radius 1 is 1.27 bits per heavy atom. The Hall–Kier alpha value is -3.43. The molecule has 0 radical (unpaired) electrons. The van der Waals surface area contributed by atoms with Crippen LogP contribution in [0.25, 0.3) is 21.3 Å². The van der Waals surface area contributed by atoms with Crippen LogP contribution in [0.3, 0.4) is 0 Å². The molecule has 0 fully saturated rings. The largest absolute Gasteiger partial charge is 0.390 e. The first-order chi connectivity index (χ1) is 17.5. The van der Waals surface area contributed by atoms with Crippen LogP contribution in [0.2, 0.25) is 0 Å². The predicted molar refractivity (Wildman–Crippen MR) is 147 cm³/mol. The molecule has 1 aliphatic rings. The van der Waals surface area contributed by atoms with Crippen LogP contribution in [0, 0.1) is 6.92 Å². The number of alkyl halides is 1. The van der Waals surface area contributed by atoms with Crippen molar-refractivity contribution in [3.05, 3.63) is 68.6 Å². The average Bonchev–Trinajstić information content (AvgIpc) is 3.51. The number of pyridine rings is 1. The highest BCUT2D eigenvalue weighted by Crippen LogP contribution is 2.49. The summed E-state index contributed by atoms with van der Waals surface area (Å²) in [6.07, 6.45) is 1.06. The monoisotopic (exact) mass is 522 g/mol. The Morgan fingerprint density at radius 3 is 2.73 bits per heavy atom. The zero-order valence-corrected chi connectivity index (χ0v) is 22.4. The van der Waals surface area contributed by atoms with E-state index in [2.05, 4.69) is 10.3 Å². The highest BCUT2D eigenvalue weighted by molar-refractivity contribution is 7.16. The van der Waals surface area contributed by atoms with Crippen molar-refractivity contribution < 1.29 is 14.3 Å². The van der Waals surface area contributed by atoms with Gasteiger partial charge in [0.1, 0.15) is 17.4 Å². The lowest BCUT2D eigenvalue weighted by molar-refractivity contribution is 0.0818. The van der Waals surface area contributed by atoms with E-state index in [1.54, 1.807) is 33.2 Å². The number of thiophene rings is 1. The van der Waals surface area contributed by atoms with Gasteiger partial charge in [0.25, 0.3) is 11.5 Å². The minimum Gasteiger partial charge on any atom is -0.390 e. The maximum absolute atomic E-state index is 15.2. The number of carbonyl (C=O) groups is 1. The molecule has 1 amide bonds. The molecule has 1 atom stereocenters. The van der Waals surface area contributed by atoms with Crippen molar-refractivity contribution in [1.29, 1.82) is 0 Å². The molecule has 1 unspecified atom stereocenters. The summed E-state index contributed by atoms with van der Waals surface area (Å²) in [5, 5.41) is 13.9. The number of nitrogens with one attached hydrogen (secondary N) is 2. The van der Waals surface area contributed by atoms with Crippen molar-refractivity contribution in [2.24, 2.45) is 7.05 Å². The normalized spacial score (nSPS) is 15.4. The number of aromatic amines is 1. The van der Waals surface area contributed by atoms with Gasteiger partial charge in [-0.1, -0.05) is 17.7 Å². The minimum atomic E-state index is -1.13. The van der Waals surface area contributed by atoms with E-state index in [0.29, 0.717) is 35.1 Å². The number of hydrogen-bond donors (Lipinski definition) is 3. The van der Waals surface area contributed by atoms with Gasteiger partial charge >= 0.3 is 0 Å². The lowest BCUT2D eigenvalue weighted by Crippen LogP contribution is -2.23. The van der Waals surface area contributed by atoms with Crippen molar-refractivity contribution in [2.45, 2.75) is 45.9 Å². The first kappa shape index (κ1) is 25.2. The molecule has 4 aromatic rings. The van der Waals surface area contributed by atoms with Gasteiger partial charge in [-0.15, -0.1) is 11.3 Å². The third-order valence-electron chi connectivity index (χ3n) is 6.61. The summed E-state index contributed by atoms with van der Waals surface area (Å²) in [4.78, 5) is 32.3. The van der Waals surface area contributed by atoms with Crippen LogP contribution < -0.4 is 15.8 Å². The van der Waals surface area contributed by atoms with E-state index in [0.717, 1.165) is 32.3 Å². The summed E-state index contributed by atoms with van der Waals surface area (Å²) in [5.41, 5.74) is 3.53. The third kappa shape index (κ3) is 4.57. The predicted octanol–water partition coefficient (Wildman–Crippen LogP) is 5.13. The van der Waals surface area contributed by atoms with E-state index in [1.165, 1.54) is 15.9 Å². The van der Waals surface area contributed by atoms with Crippen LogP contribution in [-0.4, -0.2) is 39.3 Å². The number of fused-ring (bicyclic) bond motifs is 2. The second-order valence-electron chi connectivity index (χ2n) is 10.3. The zero-order valence-electron chi connectivity index (χ0n) is 21.6. The number of halogens is 1. The smallest absolute Gasteiger partial charge is 0.274 e. The highest BCUT2D eigenvalue weighted by Gasteiger charge is 2.33. The molecule has 1 aliphatic heterocycles. The van der Waals surface area contributed by atoms with Gasteiger partial charge in [-0.3, -0.25) is 9.59 Å². The van der Waals surface area contributed by atoms with E-state index in [-0.39, 0.29) is 18.0 Å². The Balaban J connectivity index is 1.74. The number of H-pyrrole nitrogens is 1. The molecule has 37 heavy (non-hydrogen) atoms. The molecule has 0 saturated heterocycles. The van der Waals surface area contributed by atoms with Gasteiger partial charge in [-0.2, -0.15) is 0 Å². The number of nitrogens with zero attached hydrogens (tertiary/aromatic N) is 2. The topological polar surface area (TPSA) is 90.4 Å². The van der Waals surface area contributed by atoms with Crippen molar-refractivity contribution in [3.63, 3.8) is 0 Å². The second-order valence-corrected chi connectivity index (χ2v) is 11.5. The first-order valence-corrected chi connectivity index (χ1v) is 13.2. The molecular weight excluding hydrogens is 491 g/mol. The summed E-state index contributed by atoms with van der Waals surface area (Å²) in [6.45, 7) is 7.94. The molecule has 5 rings (SSSR count). The van der Waals surface area contributed by atoms with Crippen molar-refractivity contribution in [3.8, 4) is 10.4 Å². The molecular formula is C28H31FN4O3S. The summed E-state index contributed by atoms with van der Waals surface area (Å²) in [5.74, 6) is -0.287. The van der Waals surface area contributed by atoms with E-state index in [4.69, 9.17) is 0 Å². The quantitative estimate of drug-likeness (QED) is 0.328. The van der Waals surface area contributed by atoms with Crippen molar-refractivity contribution in [1.82, 2.24) is 14.9 Å². The van der Waals surface area contributed by atoms with E-state index in [1.807, 2.05) is 43.0 Å². The number of aryl methyl sites for hydroxylation is 2. The second kappa shape index (κ2) is 9.15. The molecule has 3 N–H and O–H groups in total. The number of amides is 1. The number of aliphatic hydroxyl groups is 1. The maximum atomic E-state index is 15.2. The summed E-state index contributed by atoms with van der Waals surface area (Å²) >= 11 is 1.51. The number of anilines is 2. The summed E-state index contributed by atoms with van der Waals surface area (Å²) in [6, 6.07) is 9.52. The molecule has 194 valence electrons. The highest BCUT2D eigenvalue weighted by atomic mass is 32.1. The third-order valence-corrected chi connectivity index (χ3v) is 7.76. The standard InChI is InChI=1S/C28H31FN4O3S/c1-6-30-26(34)21-11-17-19(13-32(5)27(35)24(17)31-21)25-23(10-16(37-25)12-28(3,4)36)33-14-20(29)18-9-15(2)7-8-22(18)33/h7-11,13,20,31,36H,6,12,14H2,1-5H3,(H,30,34). The van der Waals surface area contributed by atoms with Gasteiger partial charge in [0.15, 0.2) is 0 Å².